The number of aryl methyl sites for hydroxylation is 2. The summed E-state index contributed by atoms with van der Waals surface area (Å²) in [6, 6.07) is 0. The van der Waals surface area contributed by atoms with Crippen LogP contribution >= 0.6 is 0 Å². The van der Waals surface area contributed by atoms with Crippen molar-refractivity contribution in [2.24, 2.45) is 7.05 Å². The number of hydrogen-bond acceptors (Lipinski definition) is 6. The van der Waals surface area contributed by atoms with Crippen molar-refractivity contribution in [3.8, 4) is 0 Å². The molecule has 0 amide bonds. The summed E-state index contributed by atoms with van der Waals surface area (Å²) in [7, 11) is 1.66. The molecule has 9 heteroatoms. The molecule has 9 nitrogen and oxygen atoms in total. The Kier molecular flexibility index (Phi) is 4.41. The first kappa shape index (κ1) is 15.2. The molecule has 0 aliphatic carbocycles. The Morgan fingerprint density at radius 3 is 2.90 bits per heavy atom. The van der Waals surface area contributed by atoms with Gasteiger partial charge in [0.25, 0.3) is 0 Å². The van der Waals surface area contributed by atoms with E-state index in [1.54, 1.807) is 11.9 Å². The lowest BCUT2D eigenvalue weighted by Crippen LogP contribution is -2.44. The number of hydrogen-bond donors (Lipinski definition) is 1. The molecule has 1 saturated heterocycles. The van der Waals surface area contributed by atoms with Gasteiger partial charge < -0.3 is 14.7 Å². The molecular formula is C12H18N4O5. The van der Waals surface area contributed by atoms with Crippen molar-refractivity contribution in [3.63, 3.8) is 0 Å². The standard InChI is InChI=1S/C12H18N4O5/c1-3-9-11(16(19)20)12(14(2)13-9)15-4-5-21-8(7-15)6-10(17)18/h8H,3-7H2,1-2H3,(H,17,18). The van der Waals surface area contributed by atoms with Crippen LogP contribution in [-0.2, 0) is 23.0 Å². The molecule has 1 aliphatic heterocycles. The number of anilines is 1. The van der Waals surface area contributed by atoms with E-state index in [9.17, 15) is 14.9 Å². The highest BCUT2D eigenvalue weighted by Gasteiger charge is 2.33. The zero-order valence-corrected chi connectivity index (χ0v) is 12.0. The minimum Gasteiger partial charge on any atom is -0.481 e. The van der Waals surface area contributed by atoms with Crippen molar-refractivity contribution in [3.05, 3.63) is 15.8 Å². The van der Waals surface area contributed by atoms with Crippen LogP contribution in [0.4, 0.5) is 11.5 Å². The van der Waals surface area contributed by atoms with Gasteiger partial charge in [-0.25, -0.2) is 4.68 Å². The van der Waals surface area contributed by atoms with E-state index in [1.165, 1.54) is 4.68 Å². The fourth-order valence-electron chi connectivity index (χ4n) is 2.57. The van der Waals surface area contributed by atoms with E-state index in [0.29, 0.717) is 37.6 Å². The quantitative estimate of drug-likeness (QED) is 0.625. The minimum atomic E-state index is -0.949. The van der Waals surface area contributed by atoms with Crippen LogP contribution in [0.2, 0.25) is 0 Å². The van der Waals surface area contributed by atoms with E-state index in [0.717, 1.165) is 0 Å². The van der Waals surface area contributed by atoms with Crippen LogP contribution in [0, 0.1) is 10.1 Å². The van der Waals surface area contributed by atoms with Crippen molar-refractivity contribution in [2.45, 2.75) is 25.9 Å². The van der Waals surface area contributed by atoms with E-state index in [2.05, 4.69) is 5.10 Å². The van der Waals surface area contributed by atoms with Crippen molar-refractivity contribution in [2.75, 3.05) is 24.6 Å². The Balaban J connectivity index is 2.30. The summed E-state index contributed by atoms with van der Waals surface area (Å²) in [4.78, 5) is 23.4. The molecule has 0 bridgehead atoms. The Morgan fingerprint density at radius 2 is 2.33 bits per heavy atom. The second kappa shape index (κ2) is 6.08. The van der Waals surface area contributed by atoms with Gasteiger partial charge >= 0.3 is 11.7 Å². The number of aliphatic carboxylic acids is 1. The maximum absolute atomic E-state index is 11.3. The number of nitro groups is 1. The van der Waals surface area contributed by atoms with E-state index >= 15 is 0 Å². The molecule has 0 aromatic carbocycles. The Bertz CT molecular complexity index is 556. The average Bonchev–Trinajstić information content (AvgIpc) is 2.75. The lowest BCUT2D eigenvalue weighted by molar-refractivity contribution is -0.384. The molecule has 0 spiro atoms. The van der Waals surface area contributed by atoms with E-state index < -0.39 is 17.0 Å². The number of aromatic nitrogens is 2. The third-order valence-electron chi connectivity index (χ3n) is 3.42. The molecule has 1 atom stereocenters. The first-order valence-corrected chi connectivity index (χ1v) is 6.72. The highest BCUT2D eigenvalue weighted by atomic mass is 16.6. The molecule has 0 saturated carbocycles. The van der Waals surface area contributed by atoms with Gasteiger partial charge in [-0.1, -0.05) is 6.92 Å². The van der Waals surface area contributed by atoms with Gasteiger partial charge in [-0.2, -0.15) is 5.10 Å². The fourth-order valence-corrected chi connectivity index (χ4v) is 2.57. The zero-order valence-electron chi connectivity index (χ0n) is 12.0. The number of carbonyl (C=O) groups is 1. The minimum absolute atomic E-state index is 0.00373. The van der Waals surface area contributed by atoms with Crippen LogP contribution in [-0.4, -0.2) is 51.6 Å². The first-order valence-electron chi connectivity index (χ1n) is 6.72. The number of morpholine rings is 1. The summed E-state index contributed by atoms with van der Waals surface area (Å²) in [6.07, 6.45) is -0.133. The maximum atomic E-state index is 11.3. The zero-order chi connectivity index (χ0) is 15.6. The Morgan fingerprint density at radius 1 is 1.62 bits per heavy atom. The third-order valence-corrected chi connectivity index (χ3v) is 3.42. The van der Waals surface area contributed by atoms with E-state index in [-0.39, 0.29) is 12.1 Å². The summed E-state index contributed by atoms with van der Waals surface area (Å²) in [5, 5.41) is 24.3. The number of carboxylic acid groups (broad SMARTS) is 1. The van der Waals surface area contributed by atoms with Gasteiger partial charge in [-0.15, -0.1) is 0 Å². The summed E-state index contributed by atoms with van der Waals surface area (Å²) >= 11 is 0. The maximum Gasteiger partial charge on any atom is 0.334 e. The molecule has 1 aliphatic rings. The summed E-state index contributed by atoms with van der Waals surface area (Å²) in [5.74, 6) is -0.536. The smallest absolute Gasteiger partial charge is 0.334 e. The molecular weight excluding hydrogens is 280 g/mol. The third kappa shape index (κ3) is 3.13. The highest BCUT2D eigenvalue weighted by molar-refractivity contribution is 5.68. The topological polar surface area (TPSA) is 111 Å². The average molecular weight is 298 g/mol. The van der Waals surface area contributed by atoms with Crippen molar-refractivity contribution in [1.82, 2.24) is 9.78 Å². The summed E-state index contributed by atoms with van der Waals surface area (Å²) in [5.41, 5.74) is 0.426. The van der Waals surface area contributed by atoms with Crippen LogP contribution in [0.5, 0.6) is 0 Å². The van der Waals surface area contributed by atoms with Crippen molar-refractivity contribution >= 4 is 17.5 Å². The predicted octanol–water partition coefficient (Wildman–Crippen LogP) is 0.571. The van der Waals surface area contributed by atoms with Crippen molar-refractivity contribution in [1.29, 1.82) is 0 Å². The Hall–Kier alpha value is -2.16. The van der Waals surface area contributed by atoms with Gasteiger partial charge in [0.1, 0.15) is 5.69 Å². The van der Waals surface area contributed by atoms with Crippen molar-refractivity contribution < 1.29 is 19.6 Å². The van der Waals surface area contributed by atoms with Gasteiger partial charge in [-0.05, 0) is 6.42 Å². The molecule has 1 aromatic heterocycles. The second-order valence-corrected chi connectivity index (χ2v) is 4.89. The van der Waals surface area contributed by atoms with Gasteiger partial charge in [0.15, 0.2) is 0 Å². The molecule has 1 N–H and O–H groups in total. The molecule has 1 fully saturated rings. The van der Waals surface area contributed by atoms with Crippen LogP contribution in [0.15, 0.2) is 0 Å². The van der Waals surface area contributed by atoms with E-state index in [1.807, 2.05) is 6.92 Å². The SMILES string of the molecule is CCc1nn(C)c(N2CCOC(CC(=O)O)C2)c1[N+](=O)[O-]. The first-order chi connectivity index (χ1) is 9.93. The molecule has 116 valence electrons. The van der Waals surface area contributed by atoms with Gasteiger partial charge in [-0.3, -0.25) is 14.9 Å². The van der Waals surface area contributed by atoms with Gasteiger partial charge in [0.2, 0.25) is 5.82 Å². The van der Waals surface area contributed by atoms with Crippen LogP contribution in [0.3, 0.4) is 0 Å². The second-order valence-electron chi connectivity index (χ2n) is 4.89. The molecule has 1 unspecified atom stereocenters. The normalized spacial score (nSPS) is 18.8. The van der Waals surface area contributed by atoms with Gasteiger partial charge in [0.05, 0.1) is 24.1 Å². The lowest BCUT2D eigenvalue weighted by Gasteiger charge is -2.33. The number of ether oxygens (including phenoxy) is 1. The van der Waals surface area contributed by atoms with Crippen LogP contribution in [0.25, 0.3) is 0 Å². The fraction of sp³-hybridized carbons (Fsp3) is 0.667. The van der Waals surface area contributed by atoms with Gasteiger partial charge in [0, 0.05) is 20.1 Å². The monoisotopic (exact) mass is 298 g/mol. The summed E-state index contributed by atoms with van der Waals surface area (Å²) in [6.45, 7) is 2.92. The van der Waals surface area contributed by atoms with Crippen LogP contribution < -0.4 is 4.90 Å². The Labute approximate surface area is 121 Å². The number of rotatable bonds is 5. The number of nitrogens with zero attached hydrogens (tertiary/aromatic N) is 4. The molecule has 2 rings (SSSR count). The molecule has 1 aromatic rings. The van der Waals surface area contributed by atoms with E-state index in [4.69, 9.17) is 9.84 Å². The number of carboxylic acids is 1. The molecule has 0 radical (unpaired) electrons. The summed E-state index contributed by atoms with van der Waals surface area (Å²) < 4.78 is 6.88. The predicted molar refractivity (Wildman–Crippen MR) is 73.4 cm³/mol. The largest absolute Gasteiger partial charge is 0.481 e. The molecule has 2 heterocycles. The molecule has 21 heavy (non-hydrogen) atoms. The van der Waals surface area contributed by atoms with Crippen LogP contribution in [0.1, 0.15) is 19.0 Å². The highest BCUT2D eigenvalue weighted by Crippen LogP contribution is 2.32. The lowest BCUT2D eigenvalue weighted by atomic mass is 10.2.